The summed E-state index contributed by atoms with van der Waals surface area (Å²) in [4.78, 5) is 0. The first-order chi connectivity index (χ1) is 19.2. The molecule has 0 aliphatic heterocycles. The largest absolute Gasteiger partial charge is 0.0882 e. The van der Waals surface area contributed by atoms with Crippen molar-refractivity contribution in [2.24, 2.45) is 94.7 Å². The molecule has 0 bridgehead atoms. The summed E-state index contributed by atoms with van der Waals surface area (Å²) in [6.45, 7) is 19.4. The molecule has 228 valence electrons. The fraction of sp³-hybridized carbons (Fsp3) is 0.900. The Hall–Kier alpha value is -0.520. The molecule has 8 unspecified atom stereocenters. The van der Waals surface area contributed by atoms with Crippen LogP contribution in [0.4, 0.5) is 0 Å². The van der Waals surface area contributed by atoms with E-state index in [1.165, 1.54) is 77.0 Å². The van der Waals surface area contributed by atoms with Crippen molar-refractivity contribution >= 4 is 0 Å². The van der Waals surface area contributed by atoms with Crippen LogP contribution in [0.5, 0.6) is 0 Å². The van der Waals surface area contributed by atoms with Crippen molar-refractivity contribution in [2.45, 2.75) is 132 Å². The van der Waals surface area contributed by atoms with Crippen molar-refractivity contribution in [3.8, 4) is 0 Å². The topological polar surface area (TPSA) is 0 Å². The molecular formula is C40H68. The SMILES string of the molecule is CC1C(C)[C@@H]2CC=CC[C@@H]12.CC1C(C)[C@@H]2CC=CC[C@H]12.CC1C(C)[C@@H]2CCCC[C@@H]12.CC1C(C)[C@@H]2CCCC[C@H]12. The first kappa shape index (κ1) is 30.9. The Morgan fingerprint density at radius 3 is 0.650 bits per heavy atom. The van der Waals surface area contributed by atoms with Gasteiger partial charge in [-0.15, -0.1) is 0 Å². The molecule has 0 N–H and O–H groups in total. The van der Waals surface area contributed by atoms with Crippen LogP contribution in [0.25, 0.3) is 0 Å². The van der Waals surface area contributed by atoms with Crippen molar-refractivity contribution in [1.82, 2.24) is 0 Å². The van der Waals surface area contributed by atoms with Gasteiger partial charge in [-0.25, -0.2) is 0 Å². The van der Waals surface area contributed by atoms with E-state index in [9.17, 15) is 0 Å². The molecule has 0 aromatic heterocycles. The summed E-state index contributed by atoms with van der Waals surface area (Å²) >= 11 is 0. The van der Waals surface area contributed by atoms with Gasteiger partial charge in [-0.1, -0.05) is 105 Å². The Morgan fingerprint density at radius 1 is 0.275 bits per heavy atom. The normalized spacial score (nSPS) is 52.6. The van der Waals surface area contributed by atoms with Gasteiger partial charge in [0.1, 0.15) is 0 Å². The molecule has 0 heterocycles. The predicted molar refractivity (Wildman–Crippen MR) is 175 cm³/mol. The molecule has 6 saturated carbocycles. The van der Waals surface area contributed by atoms with E-state index in [1.807, 2.05) is 0 Å². The minimum Gasteiger partial charge on any atom is -0.0882 e. The molecule has 0 radical (unpaired) electrons. The number of fused-ring (bicyclic) bond motifs is 4. The van der Waals surface area contributed by atoms with Crippen LogP contribution in [0.3, 0.4) is 0 Å². The molecule has 8 aliphatic rings. The lowest BCUT2D eigenvalue weighted by Gasteiger charge is -2.52. The van der Waals surface area contributed by atoms with E-state index in [2.05, 4.69) is 79.7 Å². The third-order valence-electron chi connectivity index (χ3n) is 15.5. The highest BCUT2D eigenvalue weighted by atomic mass is 14.5. The third kappa shape index (κ3) is 5.96. The van der Waals surface area contributed by atoms with Crippen LogP contribution in [0.15, 0.2) is 24.3 Å². The Bertz CT molecular complexity index is 712. The predicted octanol–water partition coefficient (Wildman–Crippen LogP) is 11.9. The minimum atomic E-state index is 0.995. The van der Waals surface area contributed by atoms with Gasteiger partial charge in [0.15, 0.2) is 0 Å². The average Bonchev–Trinajstić information content (AvgIpc) is 3.03. The molecule has 16 atom stereocenters. The molecule has 8 rings (SSSR count). The molecule has 6 fully saturated rings. The van der Waals surface area contributed by atoms with Gasteiger partial charge in [0, 0.05) is 0 Å². The summed E-state index contributed by atoms with van der Waals surface area (Å²) < 4.78 is 0. The van der Waals surface area contributed by atoms with Crippen LogP contribution in [-0.2, 0) is 0 Å². The molecule has 0 aromatic carbocycles. The molecule has 40 heavy (non-hydrogen) atoms. The van der Waals surface area contributed by atoms with Crippen LogP contribution in [0, 0.1) is 94.7 Å². The van der Waals surface area contributed by atoms with E-state index >= 15 is 0 Å². The fourth-order valence-electron chi connectivity index (χ4n) is 11.7. The molecule has 0 aromatic rings. The monoisotopic (exact) mass is 549 g/mol. The first-order valence-corrected chi connectivity index (χ1v) is 18.5. The molecule has 0 saturated heterocycles. The summed E-state index contributed by atoms with van der Waals surface area (Å²) in [5, 5.41) is 0. The number of hydrogen-bond donors (Lipinski definition) is 0. The maximum absolute atomic E-state index is 2.44. The van der Waals surface area contributed by atoms with E-state index in [0.717, 1.165) is 94.7 Å². The molecule has 0 heteroatoms. The maximum Gasteiger partial charge on any atom is -0.0317 e. The molecule has 8 aliphatic carbocycles. The van der Waals surface area contributed by atoms with E-state index < -0.39 is 0 Å². The smallest absolute Gasteiger partial charge is 0.0317 e. The highest BCUT2D eigenvalue weighted by Crippen LogP contribution is 2.54. The van der Waals surface area contributed by atoms with Crippen molar-refractivity contribution in [1.29, 1.82) is 0 Å². The third-order valence-corrected chi connectivity index (χ3v) is 15.5. The van der Waals surface area contributed by atoms with Crippen molar-refractivity contribution in [3.63, 3.8) is 0 Å². The van der Waals surface area contributed by atoms with Gasteiger partial charge in [0.05, 0.1) is 0 Å². The van der Waals surface area contributed by atoms with Crippen LogP contribution in [0.1, 0.15) is 132 Å². The molecule has 0 spiro atoms. The summed E-state index contributed by atoms with van der Waals surface area (Å²) in [5.74, 6) is 16.8. The molecule has 0 amide bonds. The Balaban J connectivity index is 0.000000108. The summed E-state index contributed by atoms with van der Waals surface area (Å²) in [7, 11) is 0. The zero-order valence-corrected chi connectivity index (χ0v) is 28.0. The molecular weight excluding hydrogens is 480 g/mol. The minimum absolute atomic E-state index is 0.995. The first-order valence-electron chi connectivity index (χ1n) is 18.5. The van der Waals surface area contributed by atoms with Crippen molar-refractivity contribution in [3.05, 3.63) is 24.3 Å². The summed E-state index contributed by atoms with van der Waals surface area (Å²) in [5.41, 5.74) is 0. The second kappa shape index (κ2) is 13.4. The van der Waals surface area contributed by atoms with Crippen molar-refractivity contribution in [2.75, 3.05) is 0 Å². The van der Waals surface area contributed by atoms with E-state index in [1.54, 1.807) is 0 Å². The zero-order chi connectivity index (χ0) is 28.6. The average molecular weight is 549 g/mol. The van der Waals surface area contributed by atoms with Crippen LogP contribution in [0.2, 0.25) is 0 Å². The van der Waals surface area contributed by atoms with Gasteiger partial charge in [-0.3, -0.25) is 0 Å². The lowest BCUT2D eigenvalue weighted by Crippen LogP contribution is -2.45. The van der Waals surface area contributed by atoms with Gasteiger partial charge >= 0.3 is 0 Å². The lowest BCUT2D eigenvalue weighted by atomic mass is 9.53. The van der Waals surface area contributed by atoms with Gasteiger partial charge < -0.3 is 0 Å². The van der Waals surface area contributed by atoms with Crippen LogP contribution >= 0.6 is 0 Å². The maximum atomic E-state index is 2.44. The second-order valence-electron chi connectivity index (χ2n) is 16.6. The summed E-state index contributed by atoms with van der Waals surface area (Å²) in [6, 6.07) is 0. The number of allylic oxidation sites excluding steroid dienone is 4. The fourth-order valence-corrected chi connectivity index (χ4v) is 11.7. The Labute approximate surface area is 251 Å². The van der Waals surface area contributed by atoms with E-state index in [-0.39, 0.29) is 0 Å². The quantitative estimate of drug-likeness (QED) is 0.264. The highest BCUT2D eigenvalue weighted by Gasteiger charge is 2.47. The van der Waals surface area contributed by atoms with Gasteiger partial charge in [-0.2, -0.15) is 0 Å². The second-order valence-corrected chi connectivity index (χ2v) is 16.6. The highest BCUT2D eigenvalue weighted by molar-refractivity contribution is 5.05. The Kier molecular flexibility index (Phi) is 10.4. The van der Waals surface area contributed by atoms with Gasteiger partial charge in [-0.05, 0) is 146 Å². The lowest BCUT2D eigenvalue weighted by molar-refractivity contribution is -0.0305. The van der Waals surface area contributed by atoms with Gasteiger partial charge in [0.25, 0.3) is 0 Å². The Morgan fingerprint density at radius 2 is 0.450 bits per heavy atom. The number of hydrogen-bond acceptors (Lipinski definition) is 0. The van der Waals surface area contributed by atoms with E-state index in [0.29, 0.717) is 0 Å². The van der Waals surface area contributed by atoms with Gasteiger partial charge in [0.2, 0.25) is 0 Å². The van der Waals surface area contributed by atoms with E-state index in [4.69, 9.17) is 0 Å². The number of rotatable bonds is 0. The standard InChI is InChI=1S/2C10H18.2C10H16/c4*1-7-8(2)10-6-4-3-5-9(7)10/h2*7-10H,3-6H2,1-2H3;2*3-4,7-10H,5-6H2,1-2H3/t7?,8?,9-,10+;7?,8?,9-,10-;7?,8?,9-,10+;7?,8?,9-,10-/m.0.0/s1. The van der Waals surface area contributed by atoms with Crippen LogP contribution in [-0.4, -0.2) is 0 Å². The summed E-state index contributed by atoms with van der Waals surface area (Å²) in [6.07, 6.45) is 27.1. The van der Waals surface area contributed by atoms with Crippen molar-refractivity contribution < 1.29 is 0 Å². The van der Waals surface area contributed by atoms with Crippen LogP contribution < -0.4 is 0 Å². The molecule has 0 nitrogen and oxygen atoms in total. The zero-order valence-electron chi connectivity index (χ0n) is 28.0.